The standard InChI is InChI=1S/C20H21F6N5/c1-29-6-2-3-15(10-29)31-18(17-9-27-11-30(17)12-28-31)16-5-4-14(20(24,25)26)7-13(16)8-19(21,22)23/h4-5,7,9,11-12,15,18H,2-3,6,8,10H2,1H3/t15?,18-/m1/s1. The molecule has 0 aliphatic carbocycles. The van der Waals surface area contributed by atoms with E-state index in [0.717, 1.165) is 31.5 Å². The van der Waals surface area contributed by atoms with E-state index in [1.165, 1.54) is 18.9 Å². The van der Waals surface area contributed by atoms with Crippen molar-refractivity contribution < 1.29 is 26.3 Å². The van der Waals surface area contributed by atoms with E-state index < -0.39 is 35.9 Å². The summed E-state index contributed by atoms with van der Waals surface area (Å²) >= 11 is 0. The van der Waals surface area contributed by atoms with Gasteiger partial charge in [-0.05, 0) is 49.7 Å². The topological polar surface area (TPSA) is 36.7 Å². The van der Waals surface area contributed by atoms with Crippen molar-refractivity contribution in [2.75, 3.05) is 20.1 Å². The van der Waals surface area contributed by atoms with E-state index >= 15 is 0 Å². The Bertz CT molecular complexity index is 964. The van der Waals surface area contributed by atoms with Crippen LogP contribution in [-0.2, 0) is 12.6 Å². The van der Waals surface area contributed by atoms with Crippen molar-refractivity contribution in [3.8, 4) is 0 Å². The molecule has 31 heavy (non-hydrogen) atoms. The molecule has 1 aromatic heterocycles. The minimum absolute atomic E-state index is 0.0929. The highest BCUT2D eigenvalue weighted by molar-refractivity contribution is 5.61. The average Bonchev–Trinajstić information content (AvgIpc) is 3.14. The molecule has 0 bridgehead atoms. The predicted molar refractivity (Wildman–Crippen MR) is 102 cm³/mol. The molecular weight excluding hydrogens is 424 g/mol. The molecular formula is C20H21F6N5. The van der Waals surface area contributed by atoms with Crippen LogP contribution in [0.2, 0.25) is 0 Å². The Morgan fingerprint density at radius 3 is 2.58 bits per heavy atom. The lowest BCUT2D eigenvalue weighted by Gasteiger charge is -2.42. The molecule has 11 heteroatoms. The van der Waals surface area contributed by atoms with Crippen molar-refractivity contribution in [1.29, 1.82) is 0 Å². The van der Waals surface area contributed by atoms with E-state index in [2.05, 4.69) is 15.0 Å². The Morgan fingerprint density at radius 2 is 1.90 bits per heavy atom. The number of imidazole rings is 1. The fourth-order valence-corrected chi connectivity index (χ4v) is 4.32. The molecule has 0 saturated carbocycles. The largest absolute Gasteiger partial charge is 0.416 e. The summed E-state index contributed by atoms with van der Waals surface area (Å²) in [7, 11) is 1.95. The van der Waals surface area contributed by atoms with Gasteiger partial charge in [0.1, 0.15) is 18.7 Å². The third-order valence-corrected chi connectivity index (χ3v) is 5.68. The van der Waals surface area contributed by atoms with E-state index in [-0.39, 0.29) is 11.6 Å². The van der Waals surface area contributed by atoms with Gasteiger partial charge in [0.25, 0.3) is 0 Å². The van der Waals surface area contributed by atoms with E-state index in [1.54, 1.807) is 9.58 Å². The molecule has 1 saturated heterocycles. The number of halogens is 6. The number of hydrazone groups is 1. The van der Waals surface area contributed by atoms with Gasteiger partial charge in [-0.15, -0.1) is 0 Å². The van der Waals surface area contributed by atoms with Crippen LogP contribution in [0.1, 0.15) is 41.3 Å². The zero-order valence-electron chi connectivity index (χ0n) is 16.7. The molecule has 4 rings (SSSR count). The lowest BCUT2D eigenvalue weighted by molar-refractivity contribution is -0.138. The summed E-state index contributed by atoms with van der Waals surface area (Å²) in [6.07, 6.45) is -4.67. The molecule has 168 valence electrons. The van der Waals surface area contributed by atoms with Crippen molar-refractivity contribution in [3.63, 3.8) is 0 Å². The average molecular weight is 445 g/mol. The second-order valence-corrected chi connectivity index (χ2v) is 8.00. The van der Waals surface area contributed by atoms with Crippen LogP contribution in [-0.4, -0.2) is 58.2 Å². The van der Waals surface area contributed by atoms with Gasteiger partial charge in [0.2, 0.25) is 0 Å². The van der Waals surface area contributed by atoms with Crippen LogP contribution < -0.4 is 0 Å². The Balaban J connectivity index is 1.83. The van der Waals surface area contributed by atoms with Crippen LogP contribution in [0.25, 0.3) is 0 Å². The maximum atomic E-state index is 13.3. The molecule has 0 radical (unpaired) electrons. The smallest absolute Gasteiger partial charge is 0.304 e. The zero-order chi connectivity index (χ0) is 22.4. The molecule has 1 unspecified atom stereocenters. The molecule has 2 aliphatic rings. The lowest BCUT2D eigenvalue weighted by atomic mass is 9.91. The zero-order valence-corrected chi connectivity index (χ0v) is 16.7. The lowest BCUT2D eigenvalue weighted by Crippen LogP contribution is -2.47. The maximum Gasteiger partial charge on any atom is 0.416 e. The molecule has 0 spiro atoms. The number of likely N-dealkylation sites (N-methyl/N-ethyl adjacent to an activating group) is 1. The van der Waals surface area contributed by atoms with Crippen molar-refractivity contribution in [2.45, 2.75) is 43.7 Å². The van der Waals surface area contributed by atoms with Gasteiger partial charge in [0.05, 0.1) is 29.9 Å². The highest BCUT2D eigenvalue weighted by Gasteiger charge is 2.39. The van der Waals surface area contributed by atoms with Gasteiger partial charge in [-0.3, -0.25) is 9.58 Å². The quantitative estimate of drug-likeness (QED) is 0.662. The number of rotatable bonds is 3. The molecule has 2 aliphatic heterocycles. The van der Waals surface area contributed by atoms with Crippen molar-refractivity contribution in [1.82, 2.24) is 19.5 Å². The van der Waals surface area contributed by atoms with Gasteiger partial charge < -0.3 is 4.90 Å². The number of benzene rings is 1. The summed E-state index contributed by atoms with van der Waals surface area (Å²) in [5.74, 6) is 0. The van der Waals surface area contributed by atoms with Gasteiger partial charge in [-0.25, -0.2) is 4.98 Å². The second-order valence-electron chi connectivity index (χ2n) is 8.00. The van der Waals surface area contributed by atoms with Crippen LogP contribution in [0.3, 0.4) is 0 Å². The van der Waals surface area contributed by atoms with Crippen LogP contribution in [0.4, 0.5) is 26.3 Å². The number of fused-ring (bicyclic) bond motifs is 1. The summed E-state index contributed by atoms with van der Waals surface area (Å²) in [5.41, 5.74) is -0.804. The minimum Gasteiger partial charge on any atom is -0.304 e. The van der Waals surface area contributed by atoms with Crippen molar-refractivity contribution in [3.05, 3.63) is 53.1 Å². The molecule has 3 heterocycles. The van der Waals surface area contributed by atoms with E-state index in [4.69, 9.17) is 0 Å². The summed E-state index contributed by atoms with van der Waals surface area (Å²) in [6.45, 7) is 1.55. The summed E-state index contributed by atoms with van der Waals surface area (Å²) < 4.78 is 81.2. The Morgan fingerprint density at radius 1 is 1.13 bits per heavy atom. The molecule has 5 nitrogen and oxygen atoms in total. The first-order valence-corrected chi connectivity index (χ1v) is 9.82. The van der Waals surface area contributed by atoms with E-state index in [0.29, 0.717) is 18.3 Å². The number of piperidine rings is 1. The molecule has 2 atom stereocenters. The van der Waals surface area contributed by atoms with Crippen molar-refractivity contribution in [2.24, 2.45) is 5.10 Å². The number of alkyl halides is 6. The van der Waals surface area contributed by atoms with Crippen LogP contribution in [0.5, 0.6) is 0 Å². The predicted octanol–water partition coefficient (Wildman–Crippen LogP) is 4.30. The first-order valence-electron chi connectivity index (χ1n) is 9.82. The molecule has 0 amide bonds. The van der Waals surface area contributed by atoms with Crippen molar-refractivity contribution >= 4 is 6.34 Å². The third kappa shape index (κ3) is 4.56. The van der Waals surface area contributed by atoms with Crippen LogP contribution >= 0.6 is 0 Å². The molecule has 2 aromatic rings. The highest BCUT2D eigenvalue weighted by Crippen LogP contribution is 2.40. The van der Waals surface area contributed by atoms with E-state index in [1.807, 2.05) is 7.05 Å². The Hall–Kier alpha value is -2.56. The first kappa shape index (κ1) is 21.7. The van der Waals surface area contributed by atoms with Gasteiger partial charge >= 0.3 is 12.4 Å². The van der Waals surface area contributed by atoms with Gasteiger partial charge in [0.15, 0.2) is 0 Å². The first-order chi connectivity index (χ1) is 14.5. The number of hydrogen-bond acceptors (Lipinski definition) is 4. The Kier molecular flexibility index (Phi) is 5.48. The number of likely N-dealkylation sites (tertiary alicyclic amines) is 1. The normalized spacial score (nSPS) is 22.6. The number of aromatic nitrogens is 2. The molecule has 1 fully saturated rings. The van der Waals surface area contributed by atoms with Gasteiger partial charge in [-0.2, -0.15) is 31.4 Å². The maximum absolute atomic E-state index is 13.3. The monoisotopic (exact) mass is 445 g/mol. The summed E-state index contributed by atoms with van der Waals surface area (Å²) in [5, 5.41) is 6.19. The van der Waals surface area contributed by atoms with Crippen LogP contribution in [0, 0.1) is 0 Å². The number of nitrogens with zero attached hydrogens (tertiary/aromatic N) is 5. The molecule has 0 N–H and O–H groups in total. The Labute approximate surface area is 175 Å². The van der Waals surface area contributed by atoms with Gasteiger partial charge in [-0.1, -0.05) is 6.07 Å². The fraction of sp³-hybridized carbons (Fsp3) is 0.500. The fourth-order valence-electron chi connectivity index (χ4n) is 4.32. The SMILES string of the molecule is CN1CCCC(N2N=Cn3cncc3[C@H]2c2ccc(C(F)(F)F)cc2CC(F)(F)F)C1. The van der Waals surface area contributed by atoms with Crippen LogP contribution in [0.15, 0.2) is 35.8 Å². The highest BCUT2D eigenvalue weighted by atomic mass is 19.4. The summed E-state index contributed by atoms with van der Waals surface area (Å²) in [4.78, 5) is 6.17. The van der Waals surface area contributed by atoms with E-state index in [9.17, 15) is 26.3 Å². The minimum atomic E-state index is -4.74. The second kappa shape index (κ2) is 7.85. The van der Waals surface area contributed by atoms with Gasteiger partial charge in [0, 0.05) is 6.54 Å². The molecule has 1 aromatic carbocycles. The third-order valence-electron chi connectivity index (χ3n) is 5.68. The number of hydrogen-bond donors (Lipinski definition) is 0. The summed E-state index contributed by atoms with van der Waals surface area (Å²) in [6, 6.07) is 1.71.